The Morgan fingerprint density at radius 3 is 3.00 bits per heavy atom. The molecule has 4 atom stereocenters. The van der Waals surface area contributed by atoms with Gasteiger partial charge in [0.25, 0.3) is 0 Å². The summed E-state index contributed by atoms with van der Waals surface area (Å²) < 4.78 is 7.06. The number of thiophene rings is 1. The van der Waals surface area contributed by atoms with Gasteiger partial charge >= 0.3 is 0 Å². The van der Waals surface area contributed by atoms with Gasteiger partial charge in [0.05, 0.1) is 6.10 Å². The van der Waals surface area contributed by atoms with Crippen molar-refractivity contribution in [2.75, 3.05) is 20.2 Å². The third kappa shape index (κ3) is 3.00. The smallest absolute Gasteiger partial charge is 0.191 e. The van der Waals surface area contributed by atoms with E-state index in [0.29, 0.717) is 24.6 Å². The van der Waals surface area contributed by atoms with Gasteiger partial charge in [0.15, 0.2) is 5.96 Å². The first kappa shape index (κ1) is 17.8. The Morgan fingerprint density at radius 2 is 2.23 bits per heavy atom. The fourth-order valence-corrected chi connectivity index (χ4v) is 5.47. The highest BCUT2D eigenvalue weighted by Crippen LogP contribution is 2.52. The molecule has 0 amide bonds. The van der Waals surface area contributed by atoms with Crippen molar-refractivity contribution < 1.29 is 9.84 Å². The van der Waals surface area contributed by atoms with Crippen molar-refractivity contribution in [3.8, 4) is 0 Å². The van der Waals surface area contributed by atoms with Crippen LogP contribution in [0, 0.1) is 11.3 Å². The van der Waals surface area contributed by atoms with E-state index in [1.165, 1.54) is 10.1 Å². The van der Waals surface area contributed by atoms with E-state index in [-0.39, 0.29) is 5.41 Å². The molecule has 1 aliphatic heterocycles. The third-order valence-corrected chi connectivity index (χ3v) is 7.07. The second kappa shape index (κ2) is 6.83. The molecule has 1 aliphatic carbocycles. The van der Waals surface area contributed by atoms with Crippen molar-refractivity contribution >= 4 is 27.4 Å². The van der Waals surface area contributed by atoms with Crippen molar-refractivity contribution in [2.45, 2.75) is 38.5 Å². The first-order chi connectivity index (χ1) is 12.5. The fourth-order valence-electron chi connectivity index (χ4n) is 4.42. The molecule has 4 unspecified atom stereocenters. The van der Waals surface area contributed by atoms with Crippen molar-refractivity contribution in [2.24, 2.45) is 16.3 Å². The zero-order chi connectivity index (χ0) is 18.3. The molecule has 1 saturated heterocycles. The number of nitrogens with one attached hydrogen (secondary N) is 2. The molecule has 2 heterocycles. The number of aliphatic imine (C=N–C) groups is 1. The molecular weight excluding hydrogens is 346 g/mol. The highest BCUT2D eigenvalue weighted by atomic mass is 32.1. The maximum Gasteiger partial charge on any atom is 0.191 e. The van der Waals surface area contributed by atoms with Crippen LogP contribution in [-0.4, -0.2) is 43.4 Å². The Bertz CT molecular complexity index is 783. The van der Waals surface area contributed by atoms with Gasteiger partial charge in [-0.1, -0.05) is 32.0 Å². The molecule has 0 bridgehead atoms. The highest BCUT2D eigenvalue weighted by Gasteiger charge is 2.59. The van der Waals surface area contributed by atoms with Crippen LogP contribution in [0.1, 0.15) is 31.2 Å². The molecule has 0 spiro atoms. The summed E-state index contributed by atoms with van der Waals surface area (Å²) in [5.41, 5.74) is 0.100. The molecular formula is C20H27N3O2S. The van der Waals surface area contributed by atoms with E-state index in [2.05, 4.69) is 47.7 Å². The van der Waals surface area contributed by atoms with E-state index in [1.54, 1.807) is 18.4 Å². The van der Waals surface area contributed by atoms with E-state index in [4.69, 9.17) is 4.74 Å². The SMILES string of the molecule is CN=C(NCC(O)c1cc2ccccc2s1)NC1C2CCOC2C1(C)C. The predicted molar refractivity (Wildman–Crippen MR) is 107 cm³/mol. The van der Waals surface area contributed by atoms with Gasteiger partial charge in [0, 0.05) is 47.2 Å². The minimum absolute atomic E-state index is 0.100. The number of guanidine groups is 1. The number of aliphatic hydroxyl groups excluding tert-OH is 1. The van der Waals surface area contributed by atoms with Crippen LogP contribution < -0.4 is 10.6 Å². The standard InChI is InChI=1S/C20H27N3O2S/c1-20(2)17(13-8-9-25-18(13)20)23-19(21-3)22-11-14(24)16-10-12-6-4-5-7-15(12)26-16/h4-7,10,13-14,17-18,24H,8-9,11H2,1-3H3,(H2,21,22,23). The van der Waals surface area contributed by atoms with E-state index >= 15 is 0 Å². The van der Waals surface area contributed by atoms with Gasteiger partial charge in [-0.05, 0) is 23.9 Å². The number of benzene rings is 1. The molecule has 2 fully saturated rings. The second-order valence-corrected chi connectivity index (χ2v) is 8.96. The number of rotatable bonds is 4. The molecule has 1 aromatic carbocycles. The average Bonchev–Trinajstić information content (AvgIpc) is 3.27. The normalized spacial score (nSPS) is 28.5. The minimum Gasteiger partial charge on any atom is -0.386 e. The van der Waals surface area contributed by atoms with Gasteiger partial charge < -0.3 is 20.5 Å². The van der Waals surface area contributed by atoms with Crippen molar-refractivity contribution in [3.63, 3.8) is 0 Å². The van der Waals surface area contributed by atoms with Gasteiger partial charge in [-0.2, -0.15) is 0 Å². The molecule has 5 nitrogen and oxygen atoms in total. The Balaban J connectivity index is 1.37. The van der Waals surface area contributed by atoms with Crippen molar-refractivity contribution in [1.29, 1.82) is 0 Å². The molecule has 4 rings (SSSR count). The number of aliphatic hydroxyl groups is 1. The van der Waals surface area contributed by atoms with Crippen LogP contribution in [0.5, 0.6) is 0 Å². The molecule has 1 saturated carbocycles. The monoisotopic (exact) mass is 373 g/mol. The number of hydrogen-bond acceptors (Lipinski definition) is 4. The first-order valence-corrected chi connectivity index (χ1v) is 10.1. The maximum atomic E-state index is 10.6. The van der Waals surface area contributed by atoms with E-state index in [1.807, 2.05) is 12.1 Å². The number of hydrogen-bond donors (Lipinski definition) is 3. The summed E-state index contributed by atoms with van der Waals surface area (Å²) in [7, 11) is 1.77. The molecule has 6 heteroatoms. The lowest BCUT2D eigenvalue weighted by Crippen LogP contribution is -2.68. The van der Waals surface area contributed by atoms with Crippen molar-refractivity contribution in [3.05, 3.63) is 35.2 Å². The van der Waals surface area contributed by atoms with E-state index in [9.17, 15) is 5.11 Å². The lowest BCUT2D eigenvalue weighted by atomic mass is 9.57. The van der Waals surface area contributed by atoms with Gasteiger partial charge in [0.1, 0.15) is 6.10 Å². The average molecular weight is 374 g/mol. The summed E-state index contributed by atoms with van der Waals surface area (Å²) >= 11 is 1.64. The Hall–Kier alpha value is -1.63. The summed E-state index contributed by atoms with van der Waals surface area (Å²) in [5, 5.41) is 18.6. The second-order valence-electron chi connectivity index (χ2n) is 7.84. The van der Waals surface area contributed by atoms with E-state index in [0.717, 1.165) is 23.9 Å². The van der Waals surface area contributed by atoms with Crippen LogP contribution in [0.3, 0.4) is 0 Å². The van der Waals surface area contributed by atoms with Crippen LogP contribution in [-0.2, 0) is 4.74 Å². The summed E-state index contributed by atoms with van der Waals surface area (Å²) in [6.45, 7) is 5.78. The van der Waals surface area contributed by atoms with Crippen LogP contribution in [0.2, 0.25) is 0 Å². The van der Waals surface area contributed by atoms with Crippen LogP contribution in [0.15, 0.2) is 35.3 Å². The first-order valence-electron chi connectivity index (χ1n) is 9.26. The van der Waals surface area contributed by atoms with Gasteiger partial charge in [0.2, 0.25) is 0 Å². The molecule has 140 valence electrons. The van der Waals surface area contributed by atoms with Crippen LogP contribution >= 0.6 is 11.3 Å². The summed E-state index contributed by atoms with van der Waals surface area (Å²) in [6.07, 6.45) is 0.901. The summed E-state index contributed by atoms with van der Waals surface area (Å²) in [5.74, 6) is 1.30. The Morgan fingerprint density at radius 1 is 1.42 bits per heavy atom. The number of nitrogens with zero attached hydrogens (tertiary/aromatic N) is 1. The zero-order valence-corrected chi connectivity index (χ0v) is 16.3. The largest absolute Gasteiger partial charge is 0.386 e. The van der Waals surface area contributed by atoms with Crippen molar-refractivity contribution in [1.82, 2.24) is 10.6 Å². The zero-order valence-electron chi connectivity index (χ0n) is 15.5. The summed E-state index contributed by atoms with van der Waals surface area (Å²) in [6, 6.07) is 10.6. The lowest BCUT2D eigenvalue weighted by Gasteiger charge is -2.54. The topological polar surface area (TPSA) is 65.9 Å². The Labute approximate surface area is 158 Å². The molecule has 0 radical (unpaired) electrons. The highest BCUT2D eigenvalue weighted by molar-refractivity contribution is 7.19. The van der Waals surface area contributed by atoms with E-state index < -0.39 is 6.10 Å². The Kier molecular flexibility index (Phi) is 4.67. The lowest BCUT2D eigenvalue weighted by molar-refractivity contribution is -0.106. The molecule has 2 aromatic rings. The quantitative estimate of drug-likeness (QED) is 0.569. The molecule has 2 aliphatic rings. The maximum absolute atomic E-state index is 10.6. The minimum atomic E-state index is -0.553. The molecule has 3 N–H and O–H groups in total. The summed E-state index contributed by atoms with van der Waals surface area (Å²) in [4.78, 5) is 5.32. The van der Waals surface area contributed by atoms with Gasteiger partial charge in [-0.25, -0.2) is 0 Å². The van der Waals surface area contributed by atoms with Crippen LogP contribution in [0.25, 0.3) is 10.1 Å². The molecule has 1 aromatic heterocycles. The third-order valence-electron chi connectivity index (χ3n) is 5.85. The molecule has 26 heavy (non-hydrogen) atoms. The number of ether oxygens (including phenoxy) is 1. The number of fused-ring (bicyclic) bond motifs is 2. The predicted octanol–water partition coefficient (Wildman–Crippen LogP) is 2.91. The van der Waals surface area contributed by atoms with Crippen LogP contribution in [0.4, 0.5) is 0 Å². The van der Waals surface area contributed by atoms with Gasteiger partial charge in [-0.3, -0.25) is 4.99 Å². The van der Waals surface area contributed by atoms with Gasteiger partial charge in [-0.15, -0.1) is 11.3 Å². The fraction of sp³-hybridized carbons (Fsp3) is 0.550.